The Bertz CT molecular complexity index is 432. The van der Waals surface area contributed by atoms with Gasteiger partial charge in [0, 0.05) is 13.1 Å². The summed E-state index contributed by atoms with van der Waals surface area (Å²) in [5.41, 5.74) is 0. The zero-order valence-electron chi connectivity index (χ0n) is 15.6. The Morgan fingerprint density at radius 2 is 1.79 bits per heavy atom. The van der Waals surface area contributed by atoms with Crippen molar-refractivity contribution >= 4 is 5.96 Å². The molecule has 0 bridgehead atoms. The summed E-state index contributed by atoms with van der Waals surface area (Å²) < 4.78 is 5.68. The van der Waals surface area contributed by atoms with Crippen LogP contribution in [-0.2, 0) is 0 Å². The number of guanidine groups is 1. The van der Waals surface area contributed by atoms with Gasteiger partial charge in [0.05, 0.1) is 6.54 Å². The maximum Gasteiger partial charge on any atom is 0.191 e. The lowest BCUT2D eigenvalue weighted by Gasteiger charge is -2.17. The van der Waals surface area contributed by atoms with E-state index in [-0.39, 0.29) is 0 Å². The Morgan fingerprint density at radius 1 is 1.04 bits per heavy atom. The van der Waals surface area contributed by atoms with Gasteiger partial charge in [0.25, 0.3) is 0 Å². The molecule has 0 unspecified atom stereocenters. The fourth-order valence-electron chi connectivity index (χ4n) is 2.37. The highest BCUT2D eigenvalue weighted by Crippen LogP contribution is 2.07. The summed E-state index contributed by atoms with van der Waals surface area (Å²) in [5, 5.41) is 6.59. The SMILES string of the molecule is CCNC(=NCCCCN(CC)CC)NCCOc1ccccc1. The summed E-state index contributed by atoms with van der Waals surface area (Å²) in [6.45, 7) is 13.0. The molecule has 0 fully saturated rings. The lowest BCUT2D eigenvalue weighted by molar-refractivity contribution is 0.297. The summed E-state index contributed by atoms with van der Waals surface area (Å²) in [4.78, 5) is 7.08. The standard InChI is InChI=1S/C19H34N4O/c1-4-20-19(21-14-10-11-16-23(5-2)6-3)22-15-17-24-18-12-8-7-9-13-18/h7-9,12-13H,4-6,10-11,14-17H2,1-3H3,(H2,20,21,22). The van der Waals surface area contributed by atoms with E-state index in [1.165, 1.54) is 6.42 Å². The molecule has 0 saturated carbocycles. The zero-order valence-corrected chi connectivity index (χ0v) is 15.6. The monoisotopic (exact) mass is 334 g/mol. The van der Waals surface area contributed by atoms with Gasteiger partial charge in [0.15, 0.2) is 5.96 Å². The third-order valence-electron chi connectivity index (χ3n) is 3.80. The van der Waals surface area contributed by atoms with Crippen LogP contribution in [0.25, 0.3) is 0 Å². The topological polar surface area (TPSA) is 48.9 Å². The third-order valence-corrected chi connectivity index (χ3v) is 3.80. The van der Waals surface area contributed by atoms with Crippen molar-refractivity contribution in [1.82, 2.24) is 15.5 Å². The molecule has 0 aliphatic rings. The number of nitrogens with zero attached hydrogens (tertiary/aromatic N) is 2. The number of ether oxygens (including phenoxy) is 1. The maximum atomic E-state index is 5.68. The van der Waals surface area contributed by atoms with E-state index in [0.29, 0.717) is 6.61 Å². The quantitative estimate of drug-likeness (QED) is 0.351. The van der Waals surface area contributed by atoms with Crippen molar-refractivity contribution in [1.29, 1.82) is 0 Å². The second kappa shape index (κ2) is 13.7. The van der Waals surface area contributed by atoms with Gasteiger partial charge in [-0.1, -0.05) is 32.0 Å². The average molecular weight is 335 g/mol. The molecule has 0 amide bonds. The van der Waals surface area contributed by atoms with Crippen LogP contribution in [0.4, 0.5) is 0 Å². The van der Waals surface area contributed by atoms with Gasteiger partial charge in [-0.3, -0.25) is 4.99 Å². The van der Waals surface area contributed by atoms with Crippen LogP contribution >= 0.6 is 0 Å². The van der Waals surface area contributed by atoms with E-state index in [1.54, 1.807) is 0 Å². The Balaban J connectivity index is 2.19. The summed E-state index contributed by atoms with van der Waals surface area (Å²) in [6.07, 6.45) is 2.31. The van der Waals surface area contributed by atoms with E-state index in [0.717, 1.165) is 57.4 Å². The molecule has 0 saturated heterocycles. The van der Waals surface area contributed by atoms with Crippen molar-refractivity contribution in [2.24, 2.45) is 4.99 Å². The van der Waals surface area contributed by atoms with Crippen molar-refractivity contribution in [2.75, 3.05) is 45.9 Å². The van der Waals surface area contributed by atoms with Crippen LogP contribution in [0.15, 0.2) is 35.3 Å². The summed E-state index contributed by atoms with van der Waals surface area (Å²) >= 11 is 0. The molecule has 1 rings (SSSR count). The van der Waals surface area contributed by atoms with E-state index >= 15 is 0 Å². The summed E-state index contributed by atoms with van der Waals surface area (Å²) in [7, 11) is 0. The summed E-state index contributed by atoms with van der Waals surface area (Å²) in [6, 6.07) is 9.88. The largest absolute Gasteiger partial charge is 0.492 e. The van der Waals surface area contributed by atoms with E-state index in [2.05, 4.69) is 41.3 Å². The van der Waals surface area contributed by atoms with Gasteiger partial charge < -0.3 is 20.3 Å². The number of hydrogen-bond donors (Lipinski definition) is 2. The van der Waals surface area contributed by atoms with Crippen molar-refractivity contribution in [3.05, 3.63) is 30.3 Å². The minimum absolute atomic E-state index is 0.621. The van der Waals surface area contributed by atoms with Gasteiger partial charge in [-0.05, 0) is 51.5 Å². The number of benzene rings is 1. The summed E-state index contributed by atoms with van der Waals surface area (Å²) in [5.74, 6) is 1.77. The molecule has 0 spiro atoms. The van der Waals surface area contributed by atoms with Gasteiger partial charge in [-0.2, -0.15) is 0 Å². The van der Waals surface area contributed by atoms with E-state index in [4.69, 9.17) is 4.74 Å². The van der Waals surface area contributed by atoms with Gasteiger partial charge in [-0.25, -0.2) is 0 Å². The minimum atomic E-state index is 0.621. The Kier molecular flexibility index (Phi) is 11.6. The molecule has 1 aromatic rings. The van der Waals surface area contributed by atoms with Crippen molar-refractivity contribution in [3.63, 3.8) is 0 Å². The number of rotatable bonds is 12. The number of unbranched alkanes of at least 4 members (excludes halogenated alkanes) is 1. The smallest absolute Gasteiger partial charge is 0.191 e. The second-order valence-corrected chi connectivity index (χ2v) is 5.58. The molecule has 0 heterocycles. The highest BCUT2D eigenvalue weighted by atomic mass is 16.5. The first kappa shape index (κ1) is 20.3. The molecule has 0 atom stereocenters. The van der Waals surface area contributed by atoms with Crippen LogP contribution in [0.3, 0.4) is 0 Å². The molecule has 0 aliphatic carbocycles. The third kappa shape index (κ3) is 9.40. The number of nitrogens with one attached hydrogen (secondary N) is 2. The fourth-order valence-corrected chi connectivity index (χ4v) is 2.37. The zero-order chi connectivity index (χ0) is 17.5. The molecule has 1 aromatic carbocycles. The molecule has 0 radical (unpaired) electrons. The molecule has 0 aliphatic heterocycles. The first-order valence-electron chi connectivity index (χ1n) is 9.22. The minimum Gasteiger partial charge on any atom is -0.492 e. The van der Waals surface area contributed by atoms with Gasteiger partial charge in [0.1, 0.15) is 12.4 Å². The van der Waals surface area contributed by atoms with E-state index in [1.807, 2.05) is 30.3 Å². The predicted octanol–water partition coefficient (Wildman–Crippen LogP) is 2.74. The number of aliphatic imine (C=N–C) groups is 1. The van der Waals surface area contributed by atoms with E-state index < -0.39 is 0 Å². The Hall–Kier alpha value is -1.75. The van der Waals surface area contributed by atoms with Crippen LogP contribution < -0.4 is 15.4 Å². The molecule has 5 heteroatoms. The van der Waals surface area contributed by atoms with Crippen LogP contribution in [-0.4, -0.2) is 56.7 Å². The molecule has 2 N–H and O–H groups in total. The fraction of sp³-hybridized carbons (Fsp3) is 0.632. The first-order valence-corrected chi connectivity index (χ1v) is 9.22. The van der Waals surface area contributed by atoms with Crippen molar-refractivity contribution < 1.29 is 4.74 Å². The molecule has 24 heavy (non-hydrogen) atoms. The Morgan fingerprint density at radius 3 is 2.46 bits per heavy atom. The van der Waals surface area contributed by atoms with Gasteiger partial charge in [0.2, 0.25) is 0 Å². The number of para-hydroxylation sites is 1. The molecular formula is C19H34N4O. The lowest BCUT2D eigenvalue weighted by Crippen LogP contribution is -2.39. The van der Waals surface area contributed by atoms with E-state index in [9.17, 15) is 0 Å². The van der Waals surface area contributed by atoms with Crippen LogP contribution in [0, 0.1) is 0 Å². The molecule has 0 aromatic heterocycles. The first-order chi connectivity index (χ1) is 11.8. The van der Waals surface area contributed by atoms with Crippen molar-refractivity contribution in [3.8, 4) is 5.75 Å². The molecular weight excluding hydrogens is 300 g/mol. The highest BCUT2D eigenvalue weighted by molar-refractivity contribution is 5.79. The van der Waals surface area contributed by atoms with Crippen LogP contribution in [0.5, 0.6) is 5.75 Å². The molecule has 5 nitrogen and oxygen atoms in total. The number of hydrogen-bond acceptors (Lipinski definition) is 3. The van der Waals surface area contributed by atoms with Gasteiger partial charge >= 0.3 is 0 Å². The Labute approximate surface area is 147 Å². The van der Waals surface area contributed by atoms with Crippen LogP contribution in [0.1, 0.15) is 33.6 Å². The second-order valence-electron chi connectivity index (χ2n) is 5.58. The highest BCUT2D eigenvalue weighted by Gasteiger charge is 1.99. The van der Waals surface area contributed by atoms with Gasteiger partial charge in [-0.15, -0.1) is 0 Å². The lowest BCUT2D eigenvalue weighted by atomic mass is 10.3. The molecule has 136 valence electrons. The van der Waals surface area contributed by atoms with Crippen molar-refractivity contribution in [2.45, 2.75) is 33.6 Å². The predicted molar refractivity (Wildman–Crippen MR) is 103 cm³/mol. The van der Waals surface area contributed by atoms with Crippen LogP contribution in [0.2, 0.25) is 0 Å². The normalized spacial score (nSPS) is 11.6. The average Bonchev–Trinajstić information content (AvgIpc) is 2.62. The maximum absolute atomic E-state index is 5.68.